The summed E-state index contributed by atoms with van der Waals surface area (Å²) in [6, 6.07) is 14.1. The first-order valence-electron chi connectivity index (χ1n) is 12.3. The molecule has 186 valence electrons. The maximum absolute atomic E-state index is 13.1. The summed E-state index contributed by atoms with van der Waals surface area (Å²) in [6.07, 6.45) is 3.74. The van der Waals surface area contributed by atoms with Crippen LogP contribution in [-0.2, 0) is 17.8 Å². The van der Waals surface area contributed by atoms with Crippen LogP contribution in [0.1, 0.15) is 44.6 Å². The standard InChI is InChI=1S/C27H33FN4O3/c1-19(2)34-24-9-3-6-20(16-24)7-4-14-29-27(33)22-8-5-15-32(17-22)18-25-30-26(31-35-25)21-10-12-23(28)13-11-21/h3,6,9-13,16,19,22H,4-5,7-8,14-15,17-18H2,1-2H3,(H,29,33). The topological polar surface area (TPSA) is 80.5 Å². The minimum Gasteiger partial charge on any atom is -0.491 e. The Morgan fingerprint density at radius 2 is 2.09 bits per heavy atom. The summed E-state index contributed by atoms with van der Waals surface area (Å²) >= 11 is 0. The highest BCUT2D eigenvalue weighted by Gasteiger charge is 2.26. The van der Waals surface area contributed by atoms with Crippen LogP contribution in [-0.4, -0.2) is 46.7 Å². The molecule has 0 bridgehead atoms. The first-order valence-corrected chi connectivity index (χ1v) is 12.3. The number of likely N-dealkylation sites (tertiary alicyclic amines) is 1. The second-order valence-electron chi connectivity index (χ2n) is 9.30. The Morgan fingerprint density at radius 1 is 1.26 bits per heavy atom. The fourth-order valence-electron chi connectivity index (χ4n) is 4.33. The lowest BCUT2D eigenvalue weighted by atomic mass is 9.97. The van der Waals surface area contributed by atoms with E-state index in [4.69, 9.17) is 9.26 Å². The Balaban J connectivity index is 1.21. The Hall–Kier alpha value is -3.26. The highest BCUT2D eigenvalue weighted by Crippen LogP contribution is 2.21. The number of nitrogens with zero attached hydrogens (tertiary/aromatic N) is 3. The maximum atomic E-state index is 13.1. The molecule has 7 nitrogen and oxygen atoms in total. The van der Waals surface area contributed by atoms with E-state index >= 15 is 0 Å². The normalized spacial score (nSPS) is 16.4. The van der Waals surface area contributed by atoms with Gasteiger partial charge in [-0.25, -0.2) is 4.39 Å². The summed E-state index contributed by atoms with van der Waals surface area (Å²) in [4.78, 5) is 19.4. The van der Waals surface area contributed by atoms with E-state index in [1.54, 1.807) is 12.1 Å². The fraction of sp³-hybridized carbons (Fsp3) is 0.444. The molecule has 1 aromatic heterocycles. The van der Waals surface area contributed by atoms with Gasteiger partial charge in [-0.05, 0) is 88.0 Å². The molecule has 2 heterocycles. The van der Waals surface area contributed by atoms with Gasteiger partial charge < -0.3 is 14.6 Å². The number of piperidine rings is 1. The van der Waals surface area contributed by atoms with Crippen molar-refractivity contribution in [1.29, 1.82) is 0 Å². The van der Waals surface area contributed by atoms with E-state index in [1.165, 1.54) is 17.7 Å². The van der Waals surface area contributed by atoms with E-state index in [1.807, 2.05) is 26.0 Å². The number of ether oxygens (including phenoxy) is 1. The van der Waals surface area contributed by atoms with Crippen molar-refractivity contribution < 1.29 is 18.4 Å². The molecule has 1 atom stereocenters. The molecule has 8 heteroatoms. The lowest BCUT2D eigenvalue weighted by molar-refractivity contribution is -0.126. The molecule has 0 spiro atoms. The van der Waals surface area contributed by atoms with E-state index in [-0.39, 0.29) is 23.7 Å². The maximum Gasteiger partial charge on any atom is 0.241 e. The van der Waals surface area contributed by atoms with Gasteiger partial charge in [-0.2, -0.15) is 4.98 Å². The number of rotatable bonds is 10. The SMILES string of the molecule is CC(C)Oc1cccc(CCCNC(=O)C2CCCN(Cc3nc(-c4ccc(F)cc4)no3)C2)c1. The van der Waals surface area contributed by atoms with Gasteiger partial charge in [0.2, 0.25) is 17.6 Å². The van der Waals surface area contributed by atoms with Gasteiger partial charge in [0.25, 0.3) is 0 Å². The number of amides is 1. The van der Waals surface area contributed by atoms with Gasteiger partial charge in [0.15, 0.2) is 0 Å². The molecular formula is C27H33FN4O3. The number of nitrogens with one attached hydrogen (secondary N) is 1. The second kappa shape index (κ2) is 11.9. The third-order valence-electron chi connectivity index (χ3n) is 6.02. The van der Waals surface area contributed by atoms with Crippen LogP contribution < -0.4 is 10.1 Å². The molecule has 1 saturated heterocycles. The number of hydrogen-bond donors (Lipinski definition) is 1. The average Bonchev–Trinajstić information content (AvgIpc) is 3.30. The zero-order valence-electron chi connectivity index (χ0n) is 20.4. The summed E-state index contributed by atoms with van der Waals surface area (Å²) in [5.74, 6) is 1.56. The largest absolute Gasteiger partial charge is 0.491 e. The van der Waals surface area contributed by atoms with Crippen molar-refractivity contribution in [2.24, 2.45) is 5.92 Å². The number of halogens is 1. The first-order chi connectivity index (χ1) is 17.0. The highest BCUT2D eigenvalue weighted by atomic mass is 19.1. The zero-order chi connectivity index (χ0) is 24.6. The molecule has 1 fully saturated rings. The minimum atomic E-state index is -0.305. The van der Waals surface area contributed by atoms with Gasteiger partial charge in [0.1, 0.15) is 11.6 Å². The highest BCUT2D eigenvalue weighted by molar-refractivity contribution is 5.78. The van der Waals surface area contributed by atoms with E-state index in [0.29, 0.717) is 36.9 Å². The predicted molar refractivity (Wildman–Crippen MR) is 131 cm³/mol. The molecule has 0 saturated carbocycles. The molecule has 2 aromatic carbocycles. The predicted octanol–water partition coefficient (Wildman–Crippen LogP) is 4.62. The number of aromatic nitrogens is 2. The van der Waals surface area contributed by atoms with E-state index in [0.717, 1.165) is 38.0 Å². The van der Waals surface area contributed by atoms with Crippen LogP contribution in [0.5, 0.6) is 5.75 Å². The molecule has 1 aliphatic heterocycles. The van der Waals surface area contributed by atoms with Crippen molar-refractivity contribution in [2.75, 3.05) is 19.6 Å². The lowest BCUT2D eigenvalue weighted by Crippen LogP contribution is -2.43. The van der Waals surface area contributed by atoms with Gasteiger partial charge in [0.05, 0.1) is 18.6 Å². The van der Waals surface area contributed by atoms with E-state index < -0.39 is 0 Å². The summed E-state index contributed by atoms with van der Waals surface area (Å²) in [5.41, 5.74) is 1.91. The van der Waals surface area contributed by atoms with E-state index in [9.17, 15) is 9.18 Å². The lowest BCUT2D eigenvalue weighted by Gasteiger charge is -2.30. The van der Waals surface area contributed by atoms with Crippen molar-refractivity contribution >= 4 is 5.91 Å². The van der Waals surface area contributed by atoms with Crippen molar-refractivity contribution in [3.8, 4) is 17.1 Å². The number of benzene rings is 2. The van der Waals surface area contributed by atoms with Crippen LogP contribution in [0, 0.1) is 11.7 Å². The molecule has 4 rings (SSSR count). The Kier molecular flexibility index (Phi) is 8.47. The van der Waals surface area contributed by atoms with Crippen LogP contribution >= 0.6 is 0 Å². The van der Waals surface area contributed by atoms with Crippen LogP contribution in [0.4, 0.5) is 4.39 Å². The molecule has 1 N–H and O–H groups in total. The summed E-state index contributed by atoms with van der Waals surface area (Å²) < 4.78 is 24.3. The van der Waals surface area contributed by atoms with Crippen molar-refractivity contribution in [3.05, 3.63) is 65.8 Å². The number of carbonyl (C=O) groups is 1. The molecule has 0 radical (unpaired) electrons. The smallest absolute Gasteiger partial charge is 0.241 e. The van der Waals surface area contributed by atoms with Gasteiger partial charge in [-0.15, -0.1) is 0 Å². The van der Waals surface area contributed by atoms with Crippen molar-refractivity contribution in [1.82, 2.24) is 20.4 Å². The van der Waals surface area contributed by atoms with Gasteiger partial charge in [0, 0.05) is 18.7 Å². The molecule has 35 heavy (non-hydrogen) atoms. The quantitative estimate of drug-likeness (QED) is 0.427. The van der Waals surface area contributed by atoms with Gasteiger partial charge in [-0.3, -0.25) is 9.69 Å². The molecule has 1 aliphatic rings. The fourth-order valence-corrected chi connectivity index (χ4v) is 4.33. The first kappa shape index (κ1) is 24.9. The molecule has 1 unspecified atom stereocenters. The van der Waals surface area contributed by atoms with E-state index in [2.05, 4.69) is 32.5 Å². The van der Waals surface area contributed by atoms with Crippen molar-refractivity contribution in [2.45, 2.75) is 52.2 Å². The Morgan fingerprint density at radius 3 is 2.89 bits per heavy atom. The van der Waals surface area contributed by atoms with Crippen molar-refractivity contribution in [3.63, 3.8) is 0 Å². The van der Waals surface area contributed by atoms with Crippen LogP contribution in [0.3, 0.4) is 0 Å². The third kappa shape index (κ3) is 7.36. The van der Waals surface area contributed by atoms with Gasteiger partial charge >= 0.3 is 0 Å². The molecule has 1 amide bonds. The van der Waals surface area contributed by atoms with Gasteiger partial charge in [-0.1, -0.05) is 17.3 Å². The monoisotopic (exact) mass is 480 g/mol. The molecule has 0 aliphatic carbocycles. The zero-order valence-corrected chi connectivity index (χ0v) is 20.4. The summed E-state index contributed by atoms with van der Waals surface area (Å²) in [6.45, 7) is 6.72. The summed E-state index contributed by atoms with van der Waals surface area (Å²) in [7, 11) is 0. The Bertz CT molecular complexity index is 1100. The minimum absolute atomic E-state index is 0.0500. The number of aryl methyl sites for hydroxylation is 1. The number of carbonyl (C=O) groups excluding carboxylic acids is 1. The van der Waals surface area contributed by atoms with Crippen LogP contribution in [0.25, 0.3) is 11.4 Å². The summed E-state index contributed by atoms with van der Waals surface area (Å²) in [5, 5.41) is 7.11. The second-order valence-corrected chi connectivity index (χ2v) is 9.30. The molecular weight excluding hydrogens is 447 g/mol. The third-order valence-corrected chi connectivity index (χ3v) is 6.02. The Labute approximate surface area is 205 Å². The average molecular weight is 481 g/mol. The van der Waals surface area contributed by atoms with Crippen LogP contribution in [0.15, 0.2) is 53.1 Å². The van der Waals surface area contributed by atoms with Crippen LogP contribution in [0.2, 0.25) is 0 Å². The number of hydrogen-bond acceptors (Lipinski definition) is 6. The molecule has 3 aromatic rings.